The van der Waals surface area contributed by atoms with Gasteiger partial charge in [-0.25, -0.2) is 0 Å². The van der Waals surface area contributed by atoms with Crippen LogP contribution in [0.1, 0.15) is 36.5 Å². The Morgan fingerprint density at radius 3 is 2.59 bits per heavy atom. The number of hydrogen-bond donors (Lipinski definition) is 0. The normalized spacial score (nSPS) is 23.3. The van der Waals surface area contributed by atoms with E-state index in [2.05, 4.69) is 48.8 Å². The van der Waals surface area contributed by atoms with Gasteiger partial charge in [-0.2, -0.15) is 0 Å². The number of ether oxygens (including phenoxy) is 1. The fraction of sp³-hybridized carbons (Fsp3) is 0.600. The first-order valence-electron chi connectivity index (χ1n) is 6.39. The van der Waals surface area contributed by atoms with Gasteiger partial charge in [0, 0.05) is 10.9 Å². The number of alkyl halides is 1. The Balaban J connectivity index is 2.03. The third-order valence-electron chi connectivity index (χ3n) is 3.66. The van der Waals surface area contributed by atoms with Gasteiger partial charge in [-0.05, 0) is 55.7 Å². The van der Waals surface area contributed by atoms with Crippen molar-refractivity contribution in [2.45, 2.75) is 38.9 Å². The fourth-order valence-corrected chi connectivity index (χ4v) is 3.39. The number of benzene rings is 1. The zero-order valence-corrected chi connectivity index (χ0v) is 12.5. The summed E-state index contributed by atoms with van der Waals surface area (Å²) in [5, 5.41) is 0.871. The van der Waals surface area contributed by atoms with Gasteiger partial charge in [0.05, 0.1) is 6.61 Å². The van der Waals surface area contributed by atoms with E-state index in [-0.39, 0.29) is 0 Å². The predicted molar refractivity (Wildman–Crippen MR) is 75.9 cm³/mol. The molecule has 0 atom stereocenters. The van der Waals surface area contributed by atoms with Crippen LogP contribution in [0.2, 0.25) is 0 Å². The minimum Gasteiger partial charge on any atom is -0.493 e. The Morgan fingerprint density at radius 2 is 2.00 bits per heavy atom. The second kappa shape index (κ2) is 5.43. The second-order valence-corrected chi connectivity index (χ2v) is 6.01. The number of aryl methyl sites for hydroxylation is 2. The molecule has 0 saturated heterocycles. The van der Waals surface area contributed by atoms with Crippen LogP contribution in [-0.4, -0.2) is 6.61 Å². The molecule has 1 aromatic rings. The lowest BCUT2D eigenvalue weighted by Crippen LogP contribution is -2.26. The molecule has 0 unspecified atom stereocenters. The van der Waals surface area contributed by atoms with E-state index < -0.39 is 0 Å². The summed E-state index contributed by atoms with van der Waals surface area (Å²) in [6, 6.07) is 4.38. The fourth-order valence-electron chi connectivity index (χ4n) is 2.67. The molecule has 1 aliphatic carbocycles. The molecule has 0 aliphatic heterocycles. The third kappa shape index (κ3) is 3.04. The van der Waals surface area contributed by atoms with Crippen LogP contribution in [0, 0.1) is 25.7 Å². The van der Waals surface area contributed by atoms with Gasteiger partial charge in [-0.3, -0.25) is 0 Å². The Labute approximate surface area is 113 Å². The quantitative estimate of drug-likeness (QED) is 0.737. The van der Waals surface area contributed by atoms with Crippen LogP contribution in [0.5, 0.6) is 5.75 Å². The van der Waals surface area contributed by atoms with Gasteiger partial charge in [0.1, 0.15) is 5.75 Å². The number of halogens is 1. The van der Waals surface area contributed by atoms with Crippen LogP contribution in [0.15, 0.2) is 12.1 Å². The lowest BCUT2D eigenvalue weighted by molar-refractivity contribution is 0.130. The molecule has 1 fully saturated rings. The summed E-state index contributed by atoms with van der Waals surface area (Å²) in [6.45, 7) is 7.48. The number of rotatable bonds is 4. The van der Waals surface area contributed by atoms with E-state index in [1.165, 1.54) is 29.5 Å². The molecule has 0 N–H and O–H groups in total. The van der Waals surface area contributed by atoms with E-state index in [9.17, 15) is 0 Å². The van der Waals surface area contributed by atoms with E-state index in [0.717, 1.165) is 29.5 Å². The van der Waals surface area contributed by atoms with Crippen molar-refractivity contribution in [3.8, 4) is 5.75 Å². The molecule has 2 heteroatoms. The Kier molecular flexibility index (Phi) is 4.13. The lowest BCUT2D eigenvalue weighted by Gasteiger charge is -2.32. The predicted octanol–water partition coefficient (Wildman–Crippen LogP) is 4.62. The molecule has 2 rings (SSSR count). The molecule has 0 bridgehead atoms. The molecule has 17 heavy (non-hydrogen) atoms. The first-order chi connectivity index (χ1) is 8.10. The van der Waals surface area contributed by atoms with Gasteiger partial charge >= 0.3 is 0 Å². The average molecular weight is 297 g/mol. The second-order valence-electron chi connectivity index (χ2n) is 5.45. The first-order valence-corrected chi connectivity index (χ1v) is 7.51. The van der Waals surface area contributed by atoms with Crippen molar-refractivity contribution in [3.05, 3.63) is 28.8 Å². The Morgan fingerprint density at radius 1 is 1.29 bits per heavy atom. The molecule has 0 amide bonds. The maximum Gasteiger partial charge on any atom is 0.123 e. The minimum atomic E-state index is 0.772. The van der Waals surface area contributed by atoms with Gasteiger partial charge < -0.3 is 4.74 Å². The van der Waals surface area contributed by atoms with Gasteiger partial charge in [0.25, 0.3) is 0 Å². The summed E-state index contributed by atoms with van der Waals surface area (Å²) >= 11 is 3.55. The Hall–Kier alpha value is -0.500. The van der Waals surface area contributed by atoms with Crippen molar-refractivity contribution < 1.29 is 4.74 Å². The molecular formula is C15H21BrO. The zero-order valence-electron chi connectivity index (χ0n) is 10.9. The third-order valence-corrected chi connectivity index (χ3v) is 4.22. The summed E-state index contributed by atoms with van der Waals surface area (Å²) < 4.78 is 6.01. The largest absolute Gasteiger partial charge is 0.493 e. The monoisotopic (exact) mass is 296 g/mol. The standard InChI is InChI=1S/C15H21BrO/c1-10-4-12(3)14(8-16)15(7-10)17-9-13-5-11(2)6-13/h4,7,11,13H,5-6,8-9H2,1-3H3. The van der Waals surface area contributed by atoms with Gasteiger partial charge in [0.15, 0.2) is 0 Å². The summed E-state index contributed by atoms with van der Waals surface area (Å²) in [5.41, 5.74) is 3.89. The molecule has 0 spiro atoms. The maximum absolute atomic E-state index is 6.01. The van der Waals surface area contributed by atoms with Gasteiger partial charge in [-0.15, -0.1) is 0 Å². The summed E-state index contributed by atoms with van der Waals surface area (Å²) in [5.74, 6) is 2.74. The highest BCUT2D eigenvalue weighted by molar-refractivity contribution is 9.08. The smallest absolute Gasteiger partial charge is 0.123 e. The minimum absolute atomic E-state index is 0.772. The van der Waals surface area contributed by atoms with Crippen molar-refractivity contribution in [2.24, 2.45) is 11.8 Å². The molecule has 1 aliphatic rings. The van der Waals surface area contributed by atoms with Crippen LogP contribution < -0.4 is 4.74 Å². The van der Waals surface area contributed by atoms with Gasteiger partial charge in [-0.1, -0.05) is 28.9 Å². The molecular weight excluding hydrogens is 276 g/mol. The van der Waals surface area contributed by atoms with Crippen LogP contribution in [0.4, 0.5) is 0 Å². The van der Waals surface area contributed by atoms with E-state index in [1.807, 2.05) is 0 Å². The molecule has 94 valence electrons. The van der Waals surface area contributed by atoms with E-state index in [1.54, 1.807) is 0 Å². The van der Waals surface area contributed by atoms with Crippen LogP contribution >= 0.6 is 15.9 Å². The molecule has 0 aromatic heterocycles. The first kappa shape index (κ1) is 12.9. The molecule has 1 saturated carbocycles. The highest BCUT2D eigenvalue weighted by atomic mass is 79.9. The van der Waals surface area contributed by atoms with Crippen molar-refractivity contribution in [1.82, 2.24) is 0 Å². The van der Waals surface area contributed by atoms with Crippen LogP contribution in [0.25, 0.3) is 0 Å². The van der Waals surface area contributed by atoms with Crippen molar-refractivity contribution in [2.75, 3.05) is 6.61 Å². The summed E-state index contributed by atoms with van der Waals surface area (Å²) in [4.78, 5) is 0. The molecule has 1 aromatic carbocycles. The van der Waals surface area contributed by atoms with Crippen molar-refractivity contribution >= 4 is 15.9 Å². The molecule has 1 nitrogen and oxygen atoms in total. The summed E-state index contributed by atoms with van der Waals surface area (Å²) in [6.07, 6.45) is 2.66. The molecule has 0 heterocycles. The average Bonchev–Trinajstić information content (AvgIpc) is 2.22. The lowest BCUT2D eigenvalue weighted by atomic mass is 9.77. The molecule has 0 radical (unpaired) electrons. The maximum atomic E-state index is 6.01. The van der Waals surface area contributed by atoms with E-state index in [4.69, 9.17) is 4.74 Å². The zero-order chi connectivity index (χ0) is 12.4. The Bertz CT molecular complexity index is 394. The van der Waals surface area contributed by atoms with Crippen molar-refractivity contribution in [1.29, 1.82) is 0 Å². The van der Waals surface area contributed by atoms with Gasteiger partial charge in [0.2, 0.25) is 0 Å². The van der Waals surface area contributed by atoms with Crippen molar-refractivity contribution in [3.63, 3.8) is 0 Å². The number of hydrogen-bond acceptors (Lipinski definition) is 1. The van der Waals surface area contributed by atoms with Crippen LogP contribution in [0.3, 0.4) is 0 Å². The van der Waals surface area contributed by atoms with E-state index in [0.29, 0.717) is 0 Å². The van der Waals surface area contributed by atoms with E-state index >= 15 is 0 Å². The summed E-state index contributed by atoms with van der Waals surface area (Å²) in [7, 11) is 0. The SMILES string of the molecule is Cc1cc(C)c(CBr)c(OCC2CC(C)C2)c1. The highest BCUT2D eigenvalue weighted by Crippen LogP contribution is 2.34. The topological polar surface area (TPSA) is 9.23 Å². The van der Waals surface area contributed by atoms with Crippen LogP contribution in [-0.2, 0) is 5.33 Å². The highest BCUT2D eigenvalue weighted by Gasteiger charge is 2.26.